The van der Waals surface area contributed by atoms with Gasteiger partial charge in [-0.2, -0.15) is 0 Å². The average molecular weight is 310 g/mol. The van der Waals surface area contributed by atoms with E-state index in [4.69, 9.17) is 10.2 Å². The molecule has 2 rings (SSSR count). The molecule has 0 aliphatic rings. The van der Waals surface area contributed by atoms with Crippen molar-refractivity contribution < 1.29 is 27.8 Å². The zero-order valence-electron chi connectivity index (χ0n) is 10.7. The predicted molar refractivity (Wildman–Crippen MR) is 72.4 cm³/mol. The molecule has 2 aromatic rings. The highest BCUT2D eigenvalue weighted by molar-refractivity contribution is 7.90. The Labute approximate surface area is 120 Å². The topological polar surface area (TPSA) is 91.7 Å². The quantitative estimate of drug-likeness (QED) is 0.845. The van der Waals surface area contributed by atoms with Crippen molar-refractivity contribution in [2.45, 2.75) is 10.6 Å². The number of aromatic hydroxyl groups is 1. The van der Waals surface area contributed by atoms with Crippen LogP contribution < -0.4 is 0 Å². The van der Waals surface area contributed by atoms with E-state index in [0.29, 0.717) is 5.56 Å². The number of rotatable bonds is 4. The molecule has 0 spiro atoms. The molecular weight excluding hydrogens is 299 g/mol. The lowest BCUT2D eigenvalue weighted by atomic mass is 10.2. The van der Waals surface area contributed by atoms with E-state index < -0.39 is 27.2 Å². The Balaban J connectivity index is 2.38. The molecule has 110 valence electrons. The number of aromatic carboxylic acids is 1. The van der Waals surface area contributed by atoms with E-state index in [9.17, 15) is 17.6 Å². The minimum Gasteiger partial charge on any atom is -0.508 e. The first-order valence-corrected chi connectivity index (χ1v) is 7.48. The summed E-state index contributed by atoms with van der Waals surface area (Å²) in [6, 6.07) is 8.21. The Kier molecular flexibility index (Phi) is 3.95. The third-order valence-electron chi connectivity index (χ3n) is 2.82. The Bertz CT molecular complexity index is 782. The highest BCUT2D eigenvalue weighted by Crippen LogP contribution is 2.20. The van der Waals surface area contributed by atoms with Crippen LogP contribution in [0.5, 0.6) is 5.75 Å². The van der Waals surface area contributed by atoms with E-state index in [0.717, 1.165) is 18.2 Å². The molecule has 0 heterocycles. The lowest BCUT2D eigenvalue weighted by Gasteiger charge is -2.06. The van der Waals surface area contributed by atoms with Gasteiger partial charge in [0.2, 0.25) is 0 Å². The third-order valence-corrected chi connectivity index (χ3v) is 4.51. The van der Waals surface area contributed by atoms with Gasteiger partial charge in [0.1, 0.15) is 11.6 Å². The molecule has 0 fully saturated rings. The fourth-order valence-corrected chi connectivity index (χ4v) is 3.13. The summed E-state index contributed by atoms with van der Waals surface area (Å²) in [5, 5.41) is 18.0. The molecule has 0 radical (unpaired) electrons. The largest absolute Gasteiger partial charge is 0.508 e. The molecule has 0 saturated carbocycles. The SMILES string of the molecule is O=C(O)c1cc(S(=O)(=O)Cc2ccc(O)cc2)ccc1F. The standard InChI is InChI=1S/C14H11FO5S/c15-13-6-5-11(7-12(13)14(17)18)21(19,20)8-9-1-3-10(16)4-2-9/h1-7,16H,8H2,(H,17,18). The predicted octanol–water partition coefficient (Wildman–Crippen LogP) is 2.20. The molecule has 0 amide bonds. The van der Waals surface area contributed by atoms with Gasteiger partial charge >= 0.3 is 5.97 Å². The van der Waals surface area contributed by atoms with Crippen molar-refractivity contribution in [1.82, 2.24) is 0 Å². The maximum absolute atomic E-state index is 13.3. The summed E-state index contributed by atoms with van der Waals surface area (Å²) >= 11 is 0. The van der Waals surface area contributed by atoms with E-state index in [1.54, 1.807) is 0 Å². The number of carbonyl (C=O) groups is 1. The lowest BCUT2D eigenvalue weighted by Crippen LogP contribution is -2.08. The van der Waals surface area contributed by atoms with Gasteiger partial charge in [0, 0.05) is 0 Å². The smallest absolute Gasteiger partial charge is 0.338 e. The molecule has 0 aromatic heterocycles. The zero-order valence-corrected chi connectivity index (χ0v) is 11.5. The van der Waals surface area contributed by atoms with Gasteiger partial charge in [0.25, 0.3) is 0 Å². The molecule has 0 saturated heterocycles. The Morgan fingerprint density at radius 3 is 2.29 bits per heavy atom. The van der Waals surface area contributed by atoms with Crippen molar-refractivity contribution in [3.8, 4) is 5.75 Å². The third kappa shape index (κ3) is 3.38. The second kappa shape index (κ2) is 5.53. The Morgan fingerprint density at radius 1 is 1.10 bits per heavy atom. The van der Waals surface area contributed by atoms with Crippen LogP contribution in [0.15, 0.2) is 47.4 Å². The van der Waals surface area contributed by atoms with Crippen molar-refractivity contribution in [2.75, 3.05) is 0 Å². The van der Waals surface area contributed by atoms with Crippen LogP contribution in [-0.2, 0) is 15.6 Å². The Morgan fingerprint density at radius 2 is 1.71 bits per heavy atom. The molecular formula is C14H11FO5S. The van der Waals surface area contributed by atoms with Crippen molar-refractivity contribution in [1.29, 1.82) is 0 Å². The van der Waals surface area contributed by atoms with Crippen molar-refractivity contribution in [3.05, 3.63) is 59.4 Å². The summed E-state index contributed by atoms with van der Waals surface area (Å²) in [5.74, 6) is -2.90. The molecule has 0 atom stereocenters. The van der Waals surface area contributed by atoms with Crippen molar-refractivity contribution in [3.63, 3.8) is 0 Å². The molecule has 5 nitrogen and oxygen atoms in total. The first-order chi connectivity index (χ1) is 9.79. The number of hydrogen-bond donors (Lipinski definition) is 2. The molecule has 2 N–H and O–H groups in total. The normalized spacial score (nSPS) is 11.3. The minimum absolute atomic E-state index is 0.00564. The lowest BCUT2D eigenvalue weighted by molar-refractivity contribution is 0.0691. The molecule has 2 aromatic carbocycles. The molecule has 21 heavy (non-hydrogen) atoms. The number of halogens is 1. The maximum Gasteiger partial charge on any atom is 0.338 e. The minimum atomic E-state index is -3.81. The fraction of sp³-hybridized carbons (Fsp3) is 0.0714. The summed E-state index contributed by atoms with van der Waals surface area (Å²) in [7, 11) is -3.81. The zero-order chi connectivity index (χ0) is 15.6. The van der Waals surface area contributed by atoms with E-state index in [-0.39, 0.29) is 16.4 Å². The first-order valence-electron chi connectivity index (χ1n) is 5.83. The number of carboxylic acids is 1. The van der Waals surface area contributed by atoms with Crippen LogP contribution in [-0.4, -0.2) is 24.6 Å². The second-order valence-electron chi connectivity index (χ2n) is 4.37. The molecule has 0 unspecified atom stereocenters. The molecule has 0 aliphatic heterocycles. The van der Waals surface area contributed by atoms with E-state index in [2.05, 4.69) is 0 Å². The molecule has 0 aliphatic carbocycles. The highest BCUT2D eigenvalue weighted by atomic mass is 32.2. The number of carboxylic acid groups (broad SMARTS) is 1. The summed E-state index contributed by atoms with van der Waals surface area (Å²) in [6.45, 7) is 0. The number of hydrogen-bond acceptors (Lipinski definition) is 4. The van der Waals surface area contributed by atoms with Crippen LogP contribution in [0.25, 0.3) is 0 Å². The second-order valence-corrected chi connectivity index (χ2v) is 6.36. The van der Waals surface area contributed by atoms with Gasteiger partial charge in [-0.3, -0.25) is 0 Å². The summed E-state index contributed by atoms with van der Waals surface area (Å²) < 4.78 is 37.7. The number of phenols is 1. The first kappa shape index (κ1) is 15.0. The van der Waals surface area contributed by atoms with Crippen LogP contribution in [0.1, 0.15) is 15.9 Å². The van der Waals surface area contributed by atoms with Crippen LogP contribution in [0.4, 0.5) is 4.39 Å². The number of phenolic OH excluding ortho intramolecular Hbond substituents is 1. The van der Waals surface area contributed by atoms with Crippen LogP contribution in [0.2, 0.25) is 0 Å². The summed E-state index contributed by atoms with van der Waals surface area (Å²) in [6.07, 6.45) is 0. The average Bonchev–Trinajstić information content (AvgIpc) is 2.41. The highest BCUT2D eigenvalue weighted by Gasteiger charge is 2.19. The van der Waals surface area contributed by atoms with Crippen LogP contribution >= 0.6 is 0 Å². The van der Waals surface area contributed by atoms with E-state index >= 15 is 0 Å². The van der Waals surface area contributed by atoms with Gasteiger partial charge in [-0.05, 0) is 35.9 Å². The number of sulfone groups is 1. The van der Waals surface area contributed by atoms with Crippen molar-refractivity contribution >= 4 is 15.8 Å². The van der Waals surface area contributed by atoms with Crippen molar-refractivity contribution in [2.24, 2.45) is 0 Å². The van der Waals surface area contributed by atoms with Gasteiger partial charge in [0.05, 0.1) is 16.2 Å². The van der Waals surface area contributed by atoms with Gasteiger partial charge in [-0.15, -0.1) is 0 Å². The van der Waals surface area contributed by atoms with Crippen LogP contribution in [0.3, 0.4) is 0 Å². The van der Waals surface area contributed by atoms with Gasteiger partial charge in [0.15, 0.2) is 9.84 Å². The maximum atomic E-state index is 13.3. The summed E-state index contributed by atoms with van der Waals surface area (Å²) in [4.78, 5) is 10.6. The summed E-state index contributed by atoms with van der Waals surface area (Å²) in [5.41, 5.74) is -0.268. The number of benzene rings is 2. The van der Waals surface area contributed by atoms with Crippen LogP contribution in [0, 0.1) is 5.82 Å². The van der Waals surface area contributed by atoms with E-state index in [1.165, 1.54) is 24.3 Å². The van der Waals surface area contributed by atoms with E-state index in [1.807, 2.05) is 0 Å². The monoisotopic (exact) mass is 310 g/mol. The van der Waals surface area contributed by atoms with Gasteiger partial charge in [-0.25, -0.2) is 17.6 Å². The fourth-order valence-electron chi connectivity index (χ4n) is 1.76. The molecule has 7 heteroatoms. The van der Waals surface area contributed by atoms with Gasteiger partial charge < -0.3 is 10.2 Å². The Hall–Kier alpha value is -2.41. The van der Waals surface area contributed by atoms with Gasteiger partial charge in [-0.1, -0.05) is 12.1 Å². The molecule has 0 bridgehead atoms.